The Balaban J connectivity index is 2.37. The molecule has 0 aliphatic heterocycles. The van der Waals surface area contributed by atoms with Gasteiger partial charge in [-0.15, -0.1) is 0 Å². The fourth-order valence-corrected chi connectivity index (χ4v) is 3.00. The first-order valence-corrected chi connectivity index (χ1v) is 7.46. The van der Waals surface area contributed by atoms with E-state index in [1.165, 1.54) is 18.1 Å². The quantitative estimate of drug-likeness (QED) is 0.495. The van der Waals surface area contributed by atoms with Crippen LogP contribution in [0, 0.1) is 0 Å². The first-order valence-electron chi connectivity index (χ1n) is 5.85. The first kappa shape index (κ1) is 14.2. The molecule has 2 heterocycles. The van der Waals surface area contributed by atoms with Crippen molar-refractivity contribution in [2.45, 2.75) is 29.8 Å². The number of halogens is 1. The van der Waals surface area contributed by atoms with Gasteiger partial charge in [0.25, 0.3) is 0 Å². The van der Waals surface area contributed by atoms with Crippen molar-refractivity contribution in [1.29, 1.82) is 0 Å². The molecule has 7 heteroatoms. The second-order valence-electron chi connectivity index (χ2n) is 3.79. The molecule has 2 aromatic heterocycles. The number of aromatic nitrogens is 3. The highest BCUT2D eigenvalue weighted by Crippen LogP contribution is 2.34. The summed E-state index contributed by atoms with van der Waals surface area (Å²) in [6.45, 7) is 2.11. The molecular weight excluding hydrogens is 326 g/mol. The van der Waals surface area contributed by atoms with Crippen molar-refractivity contribution in [2.24, 2.45) is 5.84 Å². The van der Waals surface area contributed by atoms with Crippen LogP contribution >= 0.6 is 27.7 Å². The van der Waals surface area contributed by atoms with E-state index >= 15 is 0 Å². The largest absolute Gasteiger partial charge is 0.308 e. The van der Waals surface area contributed by atoms with Crippen molar-refractivity contribution in [2.75, 3.05) is 5.43 Å². The Bertz CT molecular complexity index is 564. The van der Waals surface area contributed by atoms with Crippen molar-refractivity contribution in [3.63, 3.8) is 0 Å². The van der Waals surface area contributed by atoms with Crippen LogP contribution in [0.2, 0.25) is 0 Å². The van der Waals surface area contributed by atoms with E-state index in [-0.39, 0.29) is 0 Å². The third kappa shape index (κ3) is 3.43. The van der Waals surface area contributed by atoms with Crippen molar-refractivity contribution in [3.05, 3.63) is 34.7 Å². The minimum Gasteiger partial charge on any atom is -0.308 e. The molecule has 0 radical (unpaired) electrons. The van der Waals surface area contributed by atoms with Gasteiger partial charge in [0.2, 0.25) is 0 Å². The van der Waals surface area contributed by atoms with Gasteiger partial charge in [-0.3, -0.25) is 0 Å². The summed E-state index contributed by atoms with van der Waals surface area (Å²) >= 11 is 4.99. The lowest BCUT2D eigenvalue weighted by Gasteiger charge is -2.11. The van der Waals surface area contributed by atoms with E-state index < -0.39 is 0 Å². The highest BCUT2D eigenvalue weighted by atomic mass is 79.9. The average molecular weight is 340 g/mol. The van der Waals surface area contributed by atoms with E-state index in [4.69, 9.17) is 5.84 Å². The summed E-state index contributed by atoms with van der Waals surface area (Å²) < 4.78 is 0.948. The van der Waals surface area contributed by atoms with Crippen molar-refractivity contribution in [1.82, 2.24) is 15.0 Å². The molecular formula is C12H14BrN5S. The van der Waals surface area contributed by atoms with E-state index in [1.54, 1.807) is 6.20 Å². The maximum atomic E-state index is 5.50. The van der Waals surface area contributed by atoms with Gasteiger partial charge in [-0.1, -0.05) is 13.3 Å². The number of anilines is 1. The van der Waals surface area contributed by atoms with Gasteiger partial charge in [-0.25, -0.2) is 20.8 Å². The highest BCUT2D eigenvalue weighted by Gasteiger charge is 2.13. The number of rotatable bonds is 5. The summed E-state index contributed by atoms with van der Waals surface area (Å²) in [5.74, 6) is 6.17. The molecule has 0 spiro atoms. The monoisotopic (exact) mass is 339 g/mol. The Morgan fingerprint density at radius 2 is 2.16 bits per heavy atom. The second kappa shape index (κ2) is 6.83. The molecule has 0 aliphatic carbocycles. The highest BCUT2D eigenvalue weighted by molar-refractivity contribution is 9.10. The van der Waals surface area contributed by atoms with Crippen LogP contribution in [0.1, 0.15) is 18.9 Å². The number of hydrogen-bond acceptors (Lipinski definition) is 6. The van der Waals surface area contributed by atoms with Crippen LogP contribution in [0.3, 0.4) is 0 Å². The second-order valence-corrected chi connectivity index (χ2v) is 5.62. The lowest BCUT2D eigenvalue weighted by Crippen LogP contribution is -2.12. The standard InChI is InChI=1S/C12H14BrN5S/c1-2-4-8-10(18-14)16-7-17-11(8)19-12-9(13)5-3-6-15-12/h3,5-7H,2,4,14H2,1H3,(H,16,17,18). The minimum absolute atomic E-state index is 0.673. The average Bonchev–Trinajstić information content (AvgIpc) is 2.43. The van der Waals surface area contributed by atoms with Gasteiger partial charge in [0, 0.05) is 11.8 Å². The third-order valence-electron chi connectivity index (χ3n) is 2.46. The molecule has 19 heavy (non-hydrogen) atoms. The van der Waals surface area contributed by atoms with E-state index in [0.717, 1.165) is 32.9 Å². The predicted octanol–water partition coefficient (Wildman–Crippen LogP) is 3.02. The molecule has 0 unspecified atom stereocenters. The molecule has 5 nitrogen and oxygen atoms in total. The van der Waals surface area contributed by atoms with E-state index in [9.17, 15) is 0 Å². The zero-order chi connectivity index (χ0) is 13.7. The zero-order valence-electron chi connectivity index (χ0n) is 10.4. The van der Waals surface area contributed by atoms with Gasteiger partial charge < -0.3 is 5.43 Å². The van der Waals surface area contributed by atoms with Gasteiger partial charge in [0.05, 0.1) is 4.47 Å². The van der Waals surface area contributed by atoms with Gasteiger partial charge in [-0.2, -0.15) is 0 Å². The van der Waals surface area contributed by atoms with Crippen LogP contribution in [0.15, 0.2) is 39.2 Å². The van der Waals surface area contributed by atoms with Crippen LogP contribution in [0.5, 0.6) is 0 Å². The number of nitrogens with one attached hydrogen (secondary N) is 1. The van der Waals surface area contributed by atoms with Crippen molar-refractivity contribution >= 4 is 33.5 Å². The lowest BCUT2D eigenvalue weighted by atomic mass is 10.2. The normalized spacial score (nSPS) is 10.5. The Kier molecular flexibility index (Phi) is 5.12. The van der Waals surface area contributed by atoms with E-state index in [2.05, 4.69) is 43.2 Å². The van der Waals surface area contributed by atoms with Gasteiger partial charge in [0.15, 0.2) is 0 Å². The Hall–Kier alpha value is -1.18. The summed E-state index contributed by atoms with van der Waals surface area (Å²) in [5.41, 5.74) is 3.65. The molecule has 0 atom stereocenters. The number of pyridine rings is 1. The summed E-state index contributed by atoms with van der Waals surface area (Å²) in [6, 6.07) is 3.84. The Labute approximate surface area is 124 Å². The van der Waals surface area contributed by atoms with Crippen LogP contribution in [0.4, 0.5) is 5.82 Å². The summed E-state index contributed by atoms with van der Waals surface area (Å²) in [6.07, 6.45) is 5.13. The van der Waals surface area contributed by atoms with Crippen LogP contribution in [0.25, 0.3) is 0 Å². The molecule has 0 aliphatic rings. The number of hydrogen-bond donors (Lipinski definition) is 2. The molecule has 0 saturated heterocycles. The molecule has 3 N–H and O–H groups in total. The third-order valence-corrected chi connectivity index (χ3v) is 4.43. The molecule has 0 bridgehead atoms. The molecule has 2 aromatic rings. The summed E-state index contributed by atoms with van der Waals surface area (Å²) in [4.78, 5) is 12.8. The van der Waals surface area contributed by atoms with E-state index in [0.29, 0.717) is 5.82 Å². The van der Waals surface area contributed by atoms with Crippen LogP contribution < -0.4 is 11.3 Å². The fraction of sp³-hybridized carbons (Fsp3) is 0.250. The zero-order valence-corrected chi connectivity index (χ0v) is 12.8. The van der Waals surface area contributed by atoms with Crippen molar-refractivity contribution in [3.8, 4) is 0 Å². The first-order chi connectivity index (χ1) is 9.26. The molecule has 0 fully saturated rings. The van der Waals surface area contributed by atoms with E-state index in [1.807, 2.05) is 12.1 Å². The molecule has 0 aromatic carbocycles. The molecule has 2 rings (SSSR count). The number of nitrogens with zero attached hydrogens (tertiary/aromatic N) is 3. The molecule has 0 amide bonds. The topological polar surface area (TPSA) is 76.7 Å². The van der Waals surface area contributed by atoms with Crippen LogP contribution in [-0.4, -0.2) is 15.0 Å². The maximum absolute atomic E-state index is 5.50. The molecule has 100 valence electrons. The van der Waals surface area contributed by atoms with Crippen LogP contribution in [-0.2, 0) is 6.42 Å². The number of nitrogen functional groups attached to an aromatic ring is 1. The predicted molar refractivity (Wildman–Crippen MR) is 79.9 cm³/mol. The summed E-state index contributed by atoms with van der Waals surface area (Å²) in [7, 11) is 0. The minimum atomic E-state index is 0.673. The summed E-state index contributed by atoms with van der Waals surface area (Å²) in [5, 5.41) is 1.76. The SMILES string of the molecule is CCCc1c(NN)ncnc1Sc1ncccc1Br. The van der Waals surface area contributed by atoms with Gasteiger partial charge in [0.1, 0.15) is 22.2 Å². The number of nitrogens with two attached hydrogens (primary N) is 1. The number of hydrazine groups is 1. The van der Waals surface area contributed by atoms with Gasteiger partial charge >= 0.3 is 0 Å². The van der Waals surface area contributed by atoms with Crippen molar-refractivity contribution < 1.29 is 0 Å². The molecule has 0 saturated carbocycles. The van der Waals surface area contributed by atoms with Gasteiger partial charge in [-0.05, 0) is 46.2 Å². The lowest BCUT2D eigenvalue weighted by molar-refractivity contribution is 0.855. The Morgan fingerprint density at radius 1 is 1.32 bits per heavy atom. The smallest absolute Gasteiger partial charge is 0.147 e. The fourth-order valence-electron chi connectivity index (χ4n) is 1.62. The maximum Gasteiger partial charge on any atom is 0.147 e. The Morgan fingerprint density at radius 3 is 2.84 bits per heavy atom.